The van der Waals surface area contributed by atoms with Crippen LogP contribution in [0.5, 0.6) is 0 Å². The van der Waals surface area contributed by atoms with Crippen molar-refractivity contribution < 1.29 is 0 Å². The Labute approximate surface area is 166 Å². The molecule has 4 heterocycles. The van der Waals surface area contributed by atoms with Crippen LogP contribution >= 0.6 is 0 Å². The normalized spacial score (nSPS) is 22.9. The van der Waals surface area contributed by atoms with E-state index in [0.717, 1.165) is 54.0 Å². The van der Waals surface area contributed by atoms with Gasteiger partial charge in [0.2, 0.25) is 0 Å². The van der Waals surface area contributed by atoms with Crippen LogP contribution in [0.3, 0.4) is 0 Å². The molecular weight excluding hydrogens is 348 g/mol. The van der Waals surface area contributed by atoms with E-state index < -0.39 is 0 Å². The summed E-state index contributed by atoms with van der Waals surface area (Å²) in [5, 5.41) is 4.29. The van der Waals surface area contributed by atoms with E-state index in [1.807, 2.05) is 35.1 Å². The number of fused-ring (bicyclic) bond motifs is 2. The molecule has 0 saturated carbocycles. The molecule has 0 unspecified atom stereocenters. The molecule has 6 nitrogen and oxygen atoms in total. The molecule has 2 saturated heterocycles. The van der Waals surface area contributed by atoms with Crippen LogP contribution in [0.15, 0.2) is 42.7 Å². The summed E-state index contributed by atoms with van der Waals surface area (Å²) < 4.78 is 2.03. The van der Waals surface area contributed by atoms with Crippen molar-refractivity contribution in [3.63, 3.8) is 0 Å². The highest BCUT2D eigenvalue weighted by molar-refractivity contribution is 5.74. The second-order valence-electron chi connectivity index (χ2n) is 8.21. The Kier molecular flexibility index (Phi) is 4.82. The van der Waals surface area contributed by atoms with Gasteiger partial charge in [0.1, 0.15) is 0 Å². The maximum Gasteiger partial charge on any atom is 0.0890 e. The Balaban J connectivity index is 1.14. The molecule has 0 spiro atoms. The fourth-order valence-electron chi connectivity index (χ4n) is 4.81. The average Bonchev–Trinajstić information content (AvgIpc) is 3.20. The zero-order chi connectivity index (χ0) is 18.9. The van der Waals surface area contributed by atoms with Gasteiger partial charge in [-0.3, -0.25) is 14.5 Å². The van der Waals surface area contributed by atoms with Crippen LogP contribution in [0.2, 0.25) is 0 Å². The summed E-state index contributed by atoms with van der Waals surface area (Å²) in [4.78, 5) is 14.9. The lowest BCUT2D eigenvalue weighted by molar-refractivity contribution is -0.0463. The van der Waals surface area contributed by atoms with Gasteiger partial charge in [-0.1, -0.05) is 12.1 Å². The molecule has 0 radical (unpaired) electrons. The molecule has 0 aliphatic carbocycles. The third-order valence-corrected chi connectivity index (χ3v) is 6.32. The van der Waals surface area contributed by atoms with Crippen molar-refractivity contribution in [1.82, 2.24) is 29.5 Å². The van der Waals surface area contributed by atoms with E-state index >= 15 is 0 Å². The first-order chi connectivity index (χ1) is 13.8. The Morgan fingerprint density at radius 3 is 2.68 bits per heavy atom. The van der Waals surface area contributed by atoms with E-state index in [1.165, 1.54) is 32.5 Å². The van der Waals surface area contributed by atoms with E-state index in [9.17, 15) is 0 Å². The summed E-state index contributed by atoms with van der Waals surface area (Å²) in [6.07, 6.45) is 6.36. The Bertz CT molecular complexity index is 937. The minimum Gasteiger partial charge on any atom is -0.300 e. The van der Waals surface area contributed by atoms with Gasteiger partial charge < -0.3 is 0 Å². The third-order valence-electron chi connectivity index (χ3n) is 6.32. The Hall–Kier alpha value is -2.31. The van der Waals surface area contributed by atoms with Crippen molar-refractivity contribution in [2.24, 2.45) is 5.92 Å². The number of aromatic nitrogens is 4. The highest BCUT2D eigenvalue weighted by atomic mass is 15.3. The van der Waals surface area contributed by atoms with Crippen LogP contribution in [-0.4, -0.2) is 61.8 Å². The van der Waals surface area contributed by atoms with Crippen molar-refractivity contribution >= 4 is 11.0 Å². The number of piperidine rings is 1. The number of rotatable bonds is 6. The lowest BCUT2D eigenvalue weighted by Crippen LogP contribution is -2.63. The highest BCUT2D eigenvalue weighted by Gasteiger charge is 2.41. The molecule has 0 N–H and O–H groups in total. The number of aryl methyl sites for hydroxylation is 2. The number of benzene rings is 1. The fraction of sp³-hybridized carbons (Fsp3) is 0.500. The third kappa shape index (κ3) is 3.54. The van der Waals surface area contributed by atoms with Crippen molar-refractivity contribution in [3.05, 3.63) is 54.1 Å². The monoisotopic (exact) mass is 376 g/mol. The molecule has 2 aliphatic heterocycles. The van der Waals surface area contributed by atoms with Crippen molar-refractivity contribution in [1.29, 1.82) is 0 Å². The van der Waals surface area contributed by atoms with Gasteiger partial charge in [0.15, 0.2) is 0 Å². The Morgan fingerprint density at radius 2 is 1.89 bits per heavy atom. The summed E-state index contributed by atoms with van der Waals surface area (Å²) in [7, 11) is 0. The SMILES string of the molecule is Cc1nc2ccccc2nc1CN1CC[C@H]2[C@@H](C1)CN2CCCn1cccn1. The minimum atomic E-state index is 0.776. The smallest absolute Gasteiger partial charge is 0.0890 e. The zero-order valence-electron chi connectivity index (χ0n) is 16.5. The fourth-order valence-corrected chi connectivity index (χ4v) is 4.81. The zero-order valence-corrected chi connectivity index (χ0v) is 16.5. The molecule has 146 valence electrons. The van der Waals surface area contributed by atoms with E-state index in [4.69, 9.17) is 9.97 Å². The molecule has 6 heteroatoms. The van der Waals surface area contributed by atoms with Crippen LogP contribution in [-0.2, 0) is 13.1 Å². The molecule has 5 rings (SSSR count). The van der Waals surface area contributed by atoms with Gasteiger partial charge >= 0.3 is 0 Å². The van der Waals surface area contributed by atoms with E-state index in [-0.39, 0.29) is 0 Å². The van der Waals surface area contributed by atoms with Crippen molar-refractivity contribution in [2.75, 3.05) is 26.2 Å². The van der Waals surface area contributed by atoms with Gasteiger partial charge in [0.05, 0.1) is 22.4 Å². The highest BCUT2D eigenvalue weighted by Crippen LogP contribution is 2.33. The standard InChI is InChI=1S/C22H28N6/c1-17-21(25-20-7-3-2-6-19(20)24-17)16-26-13-8-22-18(14-26)15-27(22)10-5-12-28-11-4-9-23-28/h2-4,6-7,9,11,18,22H,5,8,10,12-16H2,1H3/t18-,22-/m0/s1. The van der Waals surface area contributed by atoms with Crippen LogP contribution in [0.4, 0.5) is 0 Å². The first-order valence-electron chi connectivity index (χ1n) is 10.4. The van der Waals surface area contributed by atoms with Crippen LogP contribution in [0, 0.1) is 12.8 Å². The summed E-state index contributed by atoms with van der Waals surface area (Å²) in [5.74, 6) is 0.812. The van der Waals surface area contributed by atoms with Gasteiger partial charge in [-0.05, 0) is 43.9 Å². The van der Waals surface area contributed by atoms with Crippen LogP contribution < -0.4 is 0 Å². The number of hydrogen-bond donors (Lipinski definition) is 0. The summed E-state index contributed by atoms with van der Waals surface area (Å²) in [6.45, 7) is 8.81. The maximum atomic E-state index is 4.89. The topological polar surface area (TPSA) is 50.1 Å². The summed E-state index contributed by atoms with van der Waals surface area (Å²) in [5.41, 5.74) is 4.19. The van der Waals surface area contributed by atoms with Crippen molar-refractivity contribution in [3.8, 4) is 0 Å². The van der Waals surface area contributed by atoms with E-state index in [0.29, 0.717) is 0 Å². The van der Waals surface area contributed by atoms with Crippen molar-refractivity contribution in [2.45, 2.75) is 38.9 Å². The first-order valence-corrected chi connectivity index (χ1v) is 10.4. The van der Waals surface area contributed by atoms with Gasteiger partial charge in [-0.25, -0.2) is 9.97 Å². The van der Waals surface area contributed by atoms with Gasteiger partial charge in [0, 0.05) is 57.7 Å². The maximum absolute atomic E-state index is 4.89. The largest absolute Gasteiger partial charge is 0.300 e. The molecule has 2 atom stereocenters. The molecular formula is C22H28N6. The molecule has 3 aromatic rings. The molecule has 28 heavy (non-hydrogen) atoms. The number of likely N-dealkylation sites (tertiary alicyclic amines) is 2. The lowest BCUT2D eigenvalue weighted by atomic mass is 9.82. The predicted octanol–water partition coefficient (Wildman–Crippen LogP) is 2.73. The molecule has 0 bridgehead atoms. The first kappa shape index (κ1) is 17.8. The molecule has 1 aromatic carbocycles. The second-order valence-corrected chi connectivity index (χ2v) is 8.21. The number of nitrogens with zero attached hydrogens (tertiary/aromatic N) is 6. The van der Waals surface area contributed by atoms with Crippen LogP contribution in [0.25, 0.3) is 11.0 Å². The summed E-state index contributed by atoms with van der Waals surface area (Å²) in [6, 6.07) is 10.9. The van der Waals surface area contributed by atoms with Gasteiger partial charge in [0.25, 0.3) is 0 Å². The van der Waals surface area contributed by atoms with Crippen LogP contribution in [0.1, 0.15) is 24.2 Å². The minimum absolute atomic E-state index is 0.776. The molecule has 2 aromatic heterocycles. The molecule has 0 amide bonds. The lowest BCUT2D eigenvalue weighted by Gasteiger charge is -2.53. The molecule has 2 aliphatic rings. The molecule has 2 fully saturated rings. The summed E-state index contributed by atoms with van der Waals surface area (Å²) >= 11 is 0. The van der Waals surface area contributed by atoms with E-state index in [1.54, 1.807) is 0 Å². The second kappa shape index (κ2) is 7.60. The van der Waals surface area contributed by atoms with Gasteiger partial charge in [-0.15, -0.1) is 0 Å². The van der Waals surface area contributed by atoms with Gasteiger partial charge in [-0.2, -0.15) is 5.10 Å². The number of para-hydroxylation sites is 2. The average molecular weight is 377 g/mol. The Morgan fingerprint density at radius 1 is 1.04 bits per heavy atom. The number of hydrogen-bond acceptors (Lipinski definition) is 5. The predicted molar refractivity (Wildman–Crippen MR) is 110 cm³/mol. The van der Waals surface area contributed by atoms with E-state index in [2.05, 4.69) is 34.1 Å². The quantitative estimate of drug-likeness (QED) is 0.662.